The van der Waals surface area contributed by atoms with Crippen LogP contribution in [-0.2, 0) is 11.3 Å². The van der Waals surface area contributed by atoms with Gasteiger partial charge in [-0.1, -0.05) is 19.9 Å². The molecule has 2 saturated heterocycles. The molecule has 2 aliphatic rings. The molecule has 41 heavy (non-hydrogen) atoms. The number of alkyl halides is 2. The first-order chi connectivity index (χ1) is 19.8. The third-order valence-corrected chi connectivity index (χ3v) is 7.92. The number of amides is 1. The molecule has 222 valence electrons. The minimum absolute atomic E-state index is 0.0648. The fraction of sp³-hybridized carbons (Fsp3) is 0.484. The average Bonchev–Trinajstić information content (AvgIpc) is 3.47. The van der Waals surface area contributed by atoms with Crippen LogP contribution in [0.3, 0.4) is 0 Å². The van der Waals surface area contributed by atoms with Crippen LogP contribution in [0.5, 0.6) is 5.75 Å². The summed E-state index contributed by atoms with van der Waals surface area (Å²) in [6.45, 7) is 8.04. The summed E-state index contributed by atoms with van der Waals surface area (Å²) in [6.07, 6.45) is 1.39. The number of hydrogen-bond donors (Lipinski definition) is 2. The zero-order chi connectivity index (χ0) is 29.7. The molecule has 0 aliphatic carbocycles. The number of rotatable bonds is 8. The first kappa shape index (κ1) is 30.5. The van der Waals surface area contributed by atoms with Crippen molar-refractivity contribution in [2.24, 2.45) is 0 Å². The number of hydrogen-bond acceptors (Lipinski definition) is 5. The third-order valence-electron chi connectivity index (χ3n) is 7.92. The number of fused-ring (bicyclic) bond motifs is 1. The number of carboxylic acid groups (broad SMARTS) is 1. The number of piperazine rings is 1. The van der Waals surface area contributed by atoms with E-state index in [9.17, 15) is 23.5 Å². The standard InChI is InChI=1S/C29H34F2N4O4.C2H6/c1-18-13-25(39-2)22(20-8-9-32-28(18)20)15-34-12-11-33(17-26(30)31)16-24(34)19-6-7-21(29(37)38)23(14-19)35-10-4-3-5-27(35)36;1-2/h6-9,13-14,24,26,32H,3-5,10-12,15-17H2,1-2H3,(H,37,38);1-2H3. The van der Waals surface area contributed by atoms with E-state index < -0.39 is 12.4 Å². The Morgan fingerprint density at radius 3 is 2.61 bits per heavy atom. The quantitative estimate of drug-likeness (QED) is 0.353. The lowest BCUT2D eigenvalue weighted by Crippen LogP contribution is -2.49. The van der Waals surface area contributed by atoms with Crippen molar-refractivity contribution in [3.63, 3.8) is 0 Å². The highest BCUT2D eigenvalue weighted by Gasteiger charge is 2.33. The summed E-state index contributed by atoms with van der Waals surface area (Å²) in [5.41, 5.74) is 4.32. The Kier molecular flexibility index (Phi) is 9.99. The zero-order valence-electron chi connectivity index (χ0n) is 24.3. The minimum atomic E-state index is -2.45. The van der Waals surface area contributed by atoms with Crippen LogP contribution in [0.4, 0.5) is 14.5 Å². The molecule has 2 aliphatic heterocycles. The number of nitrogens with one attached hydrogen (secondary N) is 1. The normalized spacial score (nSPS) is 18.5. The number of ether oxygens (including phenoxy) is 1. The Morgan fingerprint density at radius 2 is 1.93 bits per heavy atom. The second-order valence-corrected chi connectivity index (χ2v) is 10.4. The summed E-state index contributed by atoms with van der Waals surface area (Å²) < 4.78 is 32.5. The van der Waals surface area contributed by atoms with Crippen molar-refractivity contribution in [1.82, 2.24) is 14.8 Å². The lowest BCUT2D eigenvalue weighted by Gasteiger charge is -2.42. The van der Waals surface area contributed by atoms with E-state index in [1.54, 1.807) is 29.0 Å². The van der Waals surface area contributed by atoms with Crippen molar-refractivity contribution in [1.29, 1.82) is 0 Å². The van der Waals surface area contributed by atoms with Crippen LogP contribution in [0.25, 0.3) is 10.9 Å². The van der Waals surface area contributed by atoms with E-state index in [4.69, 9.17) is 4.74 Å². The molecule has 2 N–H and O–H groups in total. The maximum atomic E-state index is 13.4. The average molecular weight is 571 g/mol. The Hall–Kier alpha value is -3.50. The number of halogens is 2. The van der Waals surface area contributed by atoms with Gasteiger partial charge in [0.15, 0.2) is 0 Å². The number of carboxylic acids is 1. The lowest BCUT2D eigenvalue weighted by molar-refractivity contribution is -0.119. The van der Waals surface area contributed by atoms with Crippen LogP contribution in [0.15, 0.2) is 36.5 Å². The van der Waals surface area contributed by atoms with Gasteiger partial charge in [-0.25, -0.2) is 13.6 Å². The van der Waals surface area contributed by atoms with Crippen LogP contribution in [0.2, 0.25) is 0 Å². The summed E-state index contributed by atoms with van der Waals surface area (Å²) >= 11 is 0. The molecule has 0 radical (unpaired) electrons. The van der Waals surface area contributed by atoms with Gasteiger partial charge in [-0.15, -0.1) is 0 Å². The molecule has 1 atom stereocenters. The Bertz CT molecular complexity index is 1380. The summed E-state index contributed by atoms with van der Waals surface area (Å²) in [5.74, 6) is -0.442. The number of aromatic amines is 1. The van der Waals surface area contributed by atoms with Gasteiger partial charge in [-0.05, 0) is 55.2 Å². The second kappa shape index (κ2) is 13.4. The number of nitrogens with zero attached hydrogens (tertiary/aromatic N) is 3. The largest absolute Gasteiger partial charge is 0.496 e. The smallest absolute Gasteiger partial charge is 0.337 e. The van der Waals surface area contributed by atoms with Crippen molar-refractivity contribution < 1.29 is 28.2 Å². The first-order valence-corrected chi connectivity index (χ1v) is 14.3. The molecular weight excluding hydrogens is 530 g/mol. The number of aromatic nitrogens is 1. The molecule has 2 aromatic carbocycles. The molecule has 0 bridgehead atoms. The number of benzene rings is 2. The lowest BCUT2D eigenvalue weighted by atomic mass is 9.96. The van der Waals surface area contributed by atoms with Gasteiger partial charge in [0.05, 0.1) is 24.9 Å². The molecule has 1 unspecified atom stereocenters. The van der Waals surface area contributed by atoms with Gasteiger partial charge in [0.25, 0.3) is 6.43 Å². The number of aryl methyl sites for hydroxylation is 1. The predicted molar refractivity (Wildman–Crippen MR) is 156 cm³/mol. The molecule has 0 spiro atoms. The van der Waals surface area contributed by atoms with Crippen molar-refractivity contribution in [3.8, 4) is 5.75 Å². The van der Waals surface area contributed by atoms with Crippen LogP contribution in [-0.4, -0.2) is 78.0 Å². The van der Waals surface area contributed by atoms with E-state index in [0.717, 1.165) is 46.2 Å². The van der Waals surface area contributed by atoms with Gasteiger partial charge in [-0.2, -0.15) is 0 Å². The summed E-state index contributed by atoms with van der Waals surface area (Å²) in [6, 6.07) is 8.79. The highest BCUT2D eigenvalue weighted by molar-refractivity contribution is 6.02. The fourth-order valence-corrected chi connectivity index (χ4v) is 5.95. The van der Waals surface area contributed by atoms with Gasteiger partial charge >= 0.3 is 5.97 Å². The Labute approximate surface area is 239 Å². The van der Waals surface area contributed by atoms with E-state index >= 15 is 0 Å². The number of anilines is 1. The van der Waals surface area contributed by atoms with E-state index in [1.807, 2.05) is 39.1 Å². The SMILES string of the molecule is CC.COc1cc(C)c2[nH]ccc2c1CN1CCN(CC(F)F)CC1c1ccc(C(=O)O)c(N2CCCCC2=O)c1. The molecule has 10 heteroatoms. The fourth-order valence-electron chi connectivity index (χ4n) is 5.95. The maximum absolute atomic E-state index is 13.4. The number of piperidine rings is 1. The molecule has 0 saturated carbocycles. The highest BCUT2D eigenvalue weighted by Crippen LogP contribution is 2.37. The number of H-pyrrole nitrogens is 1. The van der Waals surface area contributed by atoms with Crippen LogP contribution in [0, 0.1) is 6.92 Å². The Morgan fingerprint density at radius 1 is 1.15 bits per heavy atom. The van der Waals surface area contributed by atoms with Crippen molar-refractivity contribution in [3.05, 3.63) is 58.8 Å². The first-order valence-electron chi connectivity index (χ1n) is 14.3. The van der Waals surface area contributed by atoms with Crippen molar-refractivity contribution >= 4 is 28.5 Å². The third kappa shape index (κ3) is 6.54. The van der Waals surface area contributed by atoms with Crippen LogP contribution >= 0.6 is 0 Å². The molecule has 1 amide bonds. The highest BCUT2D eigenvalue weighted by atomic mass is 19.3. The van der Waals surface area contributed by atoms with Gasteiger partial charge in [0.1, 0.15) is 5.75 Å². The molecule has 3 aromatic rings. The molecule has 1 aromatic heterocycles. The molecule has 5 rings (SSSR count). The van der Waals surface area contributed by atoms with Crippen LogP contribution < -0.4 is 9.64 Å². The van der Waals surface area contributed by atoms with Gasteiger partial charge in [0, 0.05) is 67.8 Å². The van der Waals surface area contributed by atoms with E-state index in [-0.39, 0.29) is 24.1 Å². The van der Waals surface area contributed by atoms with Crippen molar-refractivity contribution in [2.45, 2.75) is 59.0 Å². The van der Waals surface area contributed by atoms with Gasteiger partial charge in [0.2, 0.25) is 5.91 Å². The van der Waals surface area contributed by atoms with E-state index in [1.165, 1.54) is 6.07 Å². The van der Waals surface area contributed by atoms with E-state index in [2.05, 4.69) is 9.88 Å². The minimum Gasteiger partial charge on any atom is -0.496 e. The second-order valence-electron chi connectivity index (χ2n) is 10.4. The van der Waals surface area contributed by atoms with Crippen LogP contribution in [0.1, 0.15) is 66.2 Å². The molecule has 8 nitrogen and oxygen atoms in total. The molecular formula is C31H40F2N4O4. The summed E-state index contributed by atoms with van der Waals surface area (Å²) in [7, 11) is 1.64. The number of aromatic carboxylic acids is 1. The number of carbonyl (C=O) groups excluding carboxylic acids is 1. The number of carbonyl (C=O) groups is 2. The number of methoxy groups -OCH3 is 1. The topological polar surface area (TPSA) is 89.1 Å². The van der Waals surface area contributed by atoms with Gasteiger partial charge < -0.3 is 19.7 Å². The Balaban J connectivity index is 0.00000189. The maximum Gasteiger partial charge on any atom is 0.337 e. The summed E-state index contributed by atoms with van der Waals surface area (Å²) in [5, 5.41) is 10.9. The zero-order valence-corrected chi connectivity index (χ0v) is 24.3. The van der Waals surface area contributed by atoms with E-state index in [0.29, 0.717) is 44.8 Å². The van der Waals surface area contributed by atoms with Crippen molar-refractivity contribution in [2.75, 3.05) is 44.7 Å². The summed E-state index contributed by atoms with van der Waals surface area (Å²) in [4.78, 5) is 33.7. The molecule has 3 heterocycles. The monoisotopic (exact) mass is 570 g/mol. The predicted octanol–water partition coefficient (Wildman–Crippen LogP) is 5.85. The molecule has 2 fully saturated rings. The van der Waals surface area contributed by atoms with Gasteiger partial charge in [-0.3, -0.25) is 14.6 Å².